The summed E-state index contributed by atoms with van der Waals surface area (Å²) in [6.07, 6.45) is 0.862. The second kappa shape index (κ2) is 12.3. The highest BCUT2D eigenvalue weighted by molar-refractivity contribution is 14.0. The average Bonchev–Trinajstić information content (AvgIpc) is 3.06. The molecular weight excluding hydrogens is 473 g/mol. The van der Waals surface area contributed by atoms with Crippen LogP contribution in [0.4, 0.5) is 0 Å². The minimum atomic E-state index is -0.406. The van der Waals surface area contributed by atoms with Crippen LogP contribution in [0.3, 0.4) is 0 Å². The van der Waals surface area contributed by atoms with Crippen molar-refractivity contribution in [1.82, 2.24) is 10.6 Å². The van der Waals surface area contributed by atoms with Gasteiger partial charge in [0, 0.05) is 13.1 Å². The lowest BCUT2D eigenvalue weighted by molar-refractivity contribution is 0.0599. The average molecular weight is 501 g/mol. The fourth-order valence-corrected chi connectivity index (χ4v) is 2.55. The lowest BCUT2D eigenvalue weighted by atomic mass is 10.1. The van der Waals surface area contributed by atoms with Crippen LogP contribution in [0.25, 0.3) is 0 Å². The maximum absolute atomic E-state index is 11.7. The van der Waals surface area contributed by atoms with Crippen LogP contribution >= 0.6 is 24.0 Å². The van der Waals surface area contributed by atoms with Crippen molar-refractivity contribution in [2.24, 2.45) is 4.99 Å². The molecule has 0 spiro atoms. The van der Waals surface area contributed by atoms with Gasteiger partial charge in [0.15, 0.2) is 5.96 Å². The molecule has 28 heavy (non-hydrogen) atoms. The van der Waals surface area contributed by atoms with Gasteiger partial charge >= 0.3 is 5.97 Å². The van der Waals surface area contributed by atoms with Gasteiger partial charge in [-0.3, -0.25) is 0 Å². The van der Waals surface area contributed by atoms with E-state index in [1.54, 1.807) is 20.1 Å². The Morgan fingerprint density at radius 2 is 1.89 bits per heavy atom. The minimum Gasteiger partial charge on any atom is -0.497 e. The van der Waals surface area contributed by atoms with Gasteiger partial charge in [0.25, 0.3) is 0 Å². The fourth-order valence-electron chi connectivity index (χ4n) is 2.55. The van der Waals surface area contributed by atoms with Gasteiger partial charge in [-0.1, -0.05) is 12.1 Å². The first-order valence-electron chi connectivity index (χ1n) is 8.90. The van der Waals surface area contributed by atoms with Crippen LogP contribution in [0.5, 0.6) is 5.75 Å². The lowest BCUT2D eigenvalue weighted by Crippen LogP contribution is -2.38. The van der Waals surface area contributed by atoms with E-state index in [0.717, 1.165) is 25.3 Å². The molecular formula is C20H28IN3O4. The zero-order valence-electron chi connectivity index (χ0n) is 16.7. The maximum Gasteiger partial charge on any atom is 0.341 e. The second-order valence-electron chi connectivity index (χ2n) is 5.89. The van der Waals surface area contributed by atoms with E-state index in [-0.39, 0.29) is 24.0 Å². The van der Waals surface area contributed by atoms with Crippen molar-refractivity contribution >= 4 is 35.9 Å². The number of esters is 1. The largest absolute Gasteiger partial charge is 0.497 e. The smallest absolute Gasteiger partial charge is 0.341 e. The molecule has 0 saturated carbocycles. The van der Waals surface area contributed by atoms with Crippen molar-refractivity contribution in [3.63, 3.8) is 0 Å². The Bertz CT molecular complexity index is 772. The SMILES string of the molecule is CCNC(=NCc1cc(C(=O)OC)c(C)o1)NCCc1ccc(OC)cc1.I. The van der Waals surface area contributed by atoms with E-state index in [0.29, 0.717) is 29.6 Å². The number of rotatable bonds is 8. The zero-order chi connectivity index (χ0) is 19.6. The summed E-state index contributed by atoms with van der Waals surface area (Å²) in [5.41, 5.74) is 1.64. The van der Waals surface area contributed by atoms with Crippen LogP contribution in [0, 0.1) is 6.92 Å². The Morgan fingerprint density at radius 3 is 2.50 bits per heavy atom. The third-order valence-corrected chi connectivity index (χ3v) is 3.98. The van der Waals surface area contributed by atoms with E-state index < -0.39 is 5.97 Å². The minimum absolute atomic E-state index is 0. The first-order chi connectivity index (χ1) is 13.1. The molecule has 1 aromatic heterocycles. The molecule has 1 aromatic carbocycles. The molecule has 0 bridgehead atoms. The standard InChI is InChI=1S/C20H27N3O4.HI/c1-5-21-20(22-11-10-15-6-8-16(25-3)9-7-15)23-13-17-12-18(14(2)27-17)19(24)26-4;/h6-9,12H,5,10-11,13H2,1-4H3,(H2,21,22,23);1H. The molecule has 2 rings (SSSR count). The second-order valence-corrected chi connectivity index (χ2v) is 5.89. The van der Waals surface area contributed by atoms with Crippen LogP contribution < -0.4 is 15.4 Å². The number of nitrogens with zero attached hydrogens (tertiary/aromatic N) is 1. The number of halogens is 1. The van der Waals surface area contributed by atoms with E-state index in [1.165, 1.54) is 12.7 Å². The fraction of sp³-hybridized carbons (Fsp3) is 0.400. The number of guanidine groups is 1. The van der Waals surface area contributed by atoms with Crippen molar-refractivity contribution in [1.29, 1.82) is 0 Å². The highest BCUT2D eigenvalue weighted by atomic mass is 127. The molecule has 1 heterocycles. The Kier molecular flexibility index (Phi) is 10.4. The summed E-state index contributed by atoms with van der Waals surface area (Å²) in [5.74, 6) is 2.28. The summed E-state index contributed by atoms with van der Waals surface area (Å²) in [5, 5.41) is 6.50. The van der Waals surface area contributed by atoms with E-state index in [4.69, 9.17) is 13.9 Å². The summed E-state index contributed by atoms with van der Waals surface area (Å²) in [4.78, 5) is 16.2. The number of aliphatic imine (C=N–C) groups is 1. The Labute approximate surface area is 182 Å². The third-order valence-electron chi connectivity index (χ3n) is 3.98. The predicted molar refractivity (Wildman–Crippen MR) is 120 cm³/mol. The van der Waals surface area contributed by atoms with Crippen molar-refractivity contribution < 1.29 is 18.7 Å². The van der Waals surface area contributed by atoms with Gasteiger partial charge < -0.3 is 24.5 Å². The number of carbonyl (C=O) groups excluding carboxylic acids is 1. The molecule has 0 amide bonds. The van der Waals surface area contributed by atoms with Gasteiger partial charge in [0.05, 0.1) is 14.2 Å². The van der Waals surface area contributed by atoms with E-state index >= 15 is 0 Å². The molecule has 8 heteroatoms. The Morgan fingerprint density at radius 1 is 1.18 bits per heavy atom. The monoisotopic (exact) mass is 501 g/mol. The summed E-state index contributed by atoms with van der Waals surface area (Å²) in [7, 11) is 3.01. The van der Waals surface area contributed by atoms with E-state index in [1.807, 2.05) is 31.2 Å². The van der Waals surface area contributed by atoms with Crippen LogP contribution in [0.2, 0.25) is 0 Å². The van der Waals surface area contributed by atoms with Crippen LogP contribution in [0.1, 0.15) is 34.4 Å². The highest BCUT2D eigenvalue weighted by Gasteiger charge is 2.15. The summed E-state index contributed by atoms with van der Waals surface area (Å²) in [6, 6.07) is 9.67. The summed E-state index contributed by atoms with van der Waals surface area (Å²) in [6.45, 7) is 5.56. The number of hydrogen-bond acceptors (Lipinski definition) is 5. The zero-order valence-corrected chi connectivity index (χ0v) is 19.0. The number of hydrogen-bond donors (Lipinski definition) is 2. The first kappa shape index (κ1) is 23.8. The molecule has 0 aliphatic heterocycles. The molecule has 0 aliphatic carbocycles. The van der Waals surface area contributed by atoms with Gasteiger partial charge in [0.2, 0.25) is 0 Å². The van der Waals surface area contributed by atoms with E-state index in [2.05, 4.69) is 15.6 Å². The number of benzene rings is 1. The number of nitrogens with one attached hydrogen (secondary N) is 2. The molecule has 7 nitrogen and oxygen atoms in total. The third kappa shape index (κ3) is 7.06. The summed E-state index contributed by atoms with van der Waals surface area (Å²) < 4.78 is 15.5. The van der Waals surface area contributed by atoms with Crippen LogP contribution in [0.15, 0.2) is 39.7 Å². The molecule has 0 aliphatic rings. The molecule has 0 saturated heterocycles. The van der Waals surface area contributed by atoms with Crippen molar-refractivity contribution in [3.8, 4) is 5.75 Å². The molecule has 2 aromatic rings. The number of methoxy groups -OCH3 is 2. The van der Waals surface area contributed by atoms with Crippen molar-refractivity contribution in [3.05, 3.63) is 53.0 Å². The van der Waals surface area contributed by atoms with Gasteiger partial charge in [0.1, 0.15) is 29.4 Å². The van der Waals surface area contributed by atoms with E-state index in [9.17, 15) is 4.79 Å². The van der Waals surface area contributed by atoms with Gasteiger partial charge in [-0.25, -0.2) is 9.79 Å². The van der Waals surface area contributed by atoms with Crippen molar-refractivity contribution in [2.45, 2.75) is 26.8 Å². The van der Waals surface area contributed by atoms with Crippen LogP contribution in [-0.2, 0) is 17.7 Å². The van der Waals surface area contributed by atoms with Crippen molar-refractivity contribution in [2.75, 3.05) is 27.3 Å². The van der Waals surface area contributed by atoms with Crippen LogP contribution in [-0.4, -0.2) is 39.2 Å². The Hall–Kier alpha value is -2.23. The lowest BCUT2D eigenvalue weighted by Gasteiger charge is -2.11. The quantitative estimate of drug-likeness (QED) is 0.250. The normalized spacial score (nSPS) is 10.8. The van der Waals surface area contributed by atoms with Gasteiger partial charge in [-0.15, -0.1) is 24.0 Å². The maximum atomic E-state index is 11.7. The Balaban J connectivity index is 0.00000392. The highest BCUT2D eigenvalue weighted by Crippen LogP contribution is 2.16. The first-order valence-corrected chi connectivity index (χ1v) is 8.90. The number of furan rings is 1. The molecule has 0 radical (unpaired) electrons. The van der Waals surface area contributed by atoms with Gasteiger partial charge in [-0.2, -0.15) is 0 Å². The van der Waals surface area contributed by atoms with Gasteiger partial charge in [-0.05, 0) is 44.0 Å². The molecule has 0 unspecified atom stereocenters. The molecule has 154 valence electrons. The molecule has 2 N–H and O–H groups in total. The topological polar surface area (TPSA) is 85.1 Å². The summed E-state index contributed by atoms with van der Waals surface area (Å²) >= 11 is 0. The number of carbonyl (C=O) groups is 1. The molecule has 0 fully saturated rings. The number of ether oxygens (including phenoxy) is 2. The predicted octanol–water partition coefficient (Wildman–Crippen LogP) is 3.30. The number of aryl methyl sites for hydroxylation is 1. The molecule has 0 atom stereocenters.